The lowest BCUT2D eigenvalue weighted by Crippen LogP contribution is -2.53. The first-order valence-corrected chi connectivity index (χ1v) is 15.9. The van der Waals surface area contributed by atoms with Crippen molar-refractivity contribution in [3.63, 3.8) is 0 Å². The number of piperidine rings is 1. The topological polar surface area (TPSA) is 111 Å². The number of carbonyl (C=O) groups excluding carboxylic acids is 1. The van der Waals surface area contributed by atoms with Crippen LogP contribution in [0.4, 0.5) is 10.5 Å². The van der Waals surface area contributed by atoms with E-state index in [0.29, 0.717) is 30.2 Å². The molecule has 40 heavy (non-hydrogen) atoms. The molecular formula is C29H43ClN4O5S. The smallest absolute Gasteiger partial charge is 0.317 e. The van der Waals surface area contributed by atoms with Gasteiger partial charge >= 0.3 is 6.03 Å². The molecule has 0 bridgehead atoms. The van der Waals surface area contributed by atoms with E-state index in [-0.39, 0.29) is 37.1 Å². The molecule has 1 heterocycles. The molecule has 2 aromatic rings. The lowest BCUT2D eigenvalue weighted by Gasteiger charge is -2.39. The zero-order valence-electron chi connectivity index (χ0n) is 23.3. The van der Waals surface area contributed by atoms with Crippen molar-refractivity contribution >= 4 is 34.1 Å². The third-order valence-electron chi connectivity index (χ3n) is 7.47. The van der Waals surface area contributed by atoms with E-state index in [4.69, 9.17) is 4.74 Å². The zero-order valence-corrected chi connectivity index (χ0v) is 24.9. The molecule has 2 amide bonds. The number of ether oxygens (including phenoxy) is 1. The summed E-state index contributed by atoms with van der Waals surface area (Å²) in [6.07, 6.45) is 9.34. The number of nitrogens with one attached hydrogen (secondary N) is 2. The predicted molar refractivity (Wildman–Crippen MR) is 161 cm³/mol. The summed E-state index contributed by atoms with van der Waals surface area (Å²) in [5.41, 5.74) is 1.69. The Hall–Kier alpha value is -2.53. The molecule has 0 spiro atoms. The number of hydrogen-bond donors (Lipinski definition) is 3. The molecule has 1 saturated carbocycles. The van der Waals surface area contributed by atoms with E-state index in [2.05, 4.69) is 27.1 Å². The molecule has 1 aliphatic heterocycles. The average Bonchev–Trinajstić information content (AvgIpc) is 2.92. The average molecular weight is 595 g/mol. The van der Waals surface area contributed by atoms with E-state index in [1.54, 1.807) is 24.3 Å². The van der Waals surface area contributed by atoms with Gasteiger partial charge in [0.15, 0.2) is 0 Å². The Morgan fingerprint density at radius 1 is 0.975 bits per heavy atom. The Labute approximate surface area is 244 Å². The molecular weight excluding hydrogens is 552 g/mol. The van der Waals surface area contributed by atoms with Crippen LogP contribution in [0.15, 0.2) is 48.5 Å². The highest BCUT2D eigenvalue weighted by Crippen LogP contribution is 2.25. The first-order chi connectivity index (χ1) is 18.8. The van der Waals surface area contributed by atoms with Crippen LogP contribution in [-0.4, -0.2) is 73.9 Å². The minimum atomic E-state index is -3.31. The van der Waals surface area contributed by atoms with Gasteiger partial charge in [0.05, 0.1) is 6.26 Å². The number of benzene rings is 2. The van der Waals surface area contributed by atoms with E-state index < -0.39 is 10.0 Å². The molecule has 2 fully saturated rings. The van der Waals surface area contributed by atoms with Crippen LogP contribution in [-0.2, 0) is 16.6 Å². The molecule has 222 valence electrons. The summed E-state index contributed by atoms with van der Waals surface area (Å²) in [6, 6.07) is 15.3. The first-order valence-electron chi connectivity index (χ1n) is 14.0. The Kier molecular flexibility index (Phi) is 12.4. The monoisotopic (exact) mass is 594 g/mol. The van der Waals surface area contributed by atoms with Gasteiger partial charge in [0.1, 0.15) is 11.5 Å². The summed E-state index contributed by atoms with van der Waals surface area (Å²) < 4.78 is 31.1. The molecule has 1 saturated heterocycles. The first kappa shape index (κ1) is 32.0. The van der Waals surface area contributed by atoms with Crippen molar-refractivity contribution in [3.05, 3.63) is 54.1 Å². The minimum Gasteiger partial charge on any atom is -0.457 e. The standard InChI is InChI=1S/C29H42N4O5S.ClH/c1-39(36,37)31-25-10-14-28(15-11-25)38-27-12-8-23(9-13-27)22-32-19-16-26(17-20-32)33(18-5-21-34)29(35)30-24-6-3-2-4-7-24;/h8-15,24,26,31,34H,2-7,16-22H2,1H3,(H,30,35);1H. The van der Waals surface area contributed by atoms with Crippen LogP contribution in [0.3, 0.4) is 0 Å². The fourth-order valence-electron chi connectivity index (χ4n) is 5.45. The van der Waals surface area contributed by atoms with Gasteiger partial charge < -0.3 is 20.1 Å². The van der Waals surface area contributed by atoms with Crippen LogP contribution in [0.2, 0.25) is 0 Å². The number of aliphatic hydroxyl groups excluding tert-OH is 1. The Morgan fingerprint density at radius 3 is 2.15 bits per heavy atom. The summed E-state index contributed by atoms with van der Waals surface area (Å²) in [7, 11) is -3.31. The van der Waals surface area contributed by atoms with Crippen LogP contribution in [0.1, 0.15) is 56.9 Å². The molecule has 2 aromatic carbocycles. The molecule has 1 aliphatic carbocycles. The number of anilines is 1. The molecule has 0 aromatic heterocycles. The lowest BCUT2D eigenvalue weighted by atomic mass is 9.95. The quantitative estimate of drug-likeness (QED) is 0.339. The number of urea groups is 1. The number of likely N-dealkylation sites (tertiary alicyclic amines) is 1. The Morgan fingerprint density at radius 2 is 1.57 bits per heavy atom. The van der Waals surface area contributed by atoms with Crippen molar-refractivity contribution in [2.45, 2.75) is 70.0 Å². The molecule has 0 unspecified atom stereocenters. The summed E-state index contributed by atoms with van der Waals surface area (Å²) in [5, 5.41) is 12.6. The number of halogens is 1. The number of nitrogens with zero attached hydrogens (tertiary/aromatic N) is 2. The van der Waals surface area contributed by atoms with E-state index in [1.807, 2.05) is 17.0 Å². The number of sulfonamides is 1. The number of aliphatic hydroxyl groups is 1. The van der Waals surface area contributed by atoms with Crippen LogP contribution >= 0.6 is 12.4 Å². The molecule has 3 N–H and O–H groups in total. The van der Waals surface area contributed by atoms with Crippen LogP contribution < -0.4 is 14.8 Å². The van der Waals surface area contributed by atoms with Gasteiger partial charge in [0.25, 0.3) is 0 Å². The van der Waals surface area contributed by atoms with E-state index in [1.165, 1.54) is 24.8 Å². The highest BCUT2D eigenvalue weighted by atomic mass is 35.5. The van der Waals surface area contributed by atoms with Crippen molar-refractivity contribution in [2.24, 2.45) is 0 Å². The van der Waals surface area contributed by atoms with Crippen molar-refractivity contribution in [2.75, 3.05) is 37.2 Å². The largest absolute Gasteiger partial charge is 0.457 e. The molecule has 4 rings (SSSR count). The second kappa shape index (κ2) is 15.5. The molecule has 0 atom stereocenters. The number of hydrogen-bond acceptors (Lipinski definition) is 6. The SMILES string of the molecule is CS(=O)(=O)Nc1ccc(Oc2ccc(CN3CCC(N(CCCO)C(=O)NC4CCCCC4)CC3)cc2)cc1.Cl. The lowest BCUT2D eigenvalue weighted by molar-refractivity contribution is 0.109. The van der Waals surface area contributed by atoms with Gasteiger partial charge in [0, 0.05) is 50.6 Å². The minimum absolute atomic E-state index is 0. The molecule has 2 aliphatic rings. The third kappa shape index (κ3) is 10.1. The maximum atomic E-state index is 13.1. The van der Waals surface area contributed by atoms with Gasteiger partial charge in [0.2, 0.25) is 10.0 Å². The second-order valence-electron chi connectivity index (χ2n) is 10.7. The predicted octanol–water partition coefficient (Wildman–Crippen LogP) is 4.96. The van der Waals surface area contributed by atoms with Gasteiger partial charge in [-0.2, -0.15) is 0 Å². The third-order valence-corrected chi connectivity index (χ3v) is 8.08. The normalized spacial score (nSPS) is 17.1. The van der Waals surface area contributed by atoms with Crippen LogP contribution in [0.5, 0.6) is 11.5 Å². The summed E-state index contributed by atoms with van der Waals surface area (Å²) in [4.78, 5) is 17.5. The van der Waals surface area contributed by atoms with Gasteiger partial charge in [-0.25, -0.2) is 13.2 Å². The van der Waals surface area contributed by atoms with Gasteiger partial charge in [-0.3, -0.25) is 9.62 Å². The number of carbonyl (C=O) groups is 1. The number of amides is 2. The van der Waals surface area contributed by atoms with Gasteiger partial charge in [-0.1, -0.05) is 31.4 Å². The van der Waals surface area contributed by atoms with Crippen molar-refractivity contribution in [3.8, 4) is 11.5 Å². The van der Waals surface area contributed by atoms with Crippen LogP contribution in [0.25, 0.3) is 0 Å². The van der Waals surface area contributed by atoms with Crippen molar-refractivity contribution in [1.29, 1.82) is 0 Å². The maximum absolute atomic E-state index is 13.1. The number of rotatable bonds is 11. The highest BCUT2D eigenvalue weighted by Gasteiger charge is 2.29. The van der Waals surface area contributed by atoms with Gasteiger partial charge in [-0.15, -0.1) is 12.4 Å². The summed E-state index contributed by atoms with van der Waals surface area (Å²) >= 11 is 0. The molecule has 9 nitrogen and oxygen atoms in total. The van der Waals surface area contributed by atoms with E-state index in [9.17, 15) is 18.3 Å². The van der Waals surface area contributed by atoms with Gasteiger partial charge in [-0.05, 0) is 74.1 Å². The van der Waals surface area contributed by atoms with E-state index in [0.717, 1.165) is 51.6 Å². The fourth-order valence-corrected chi connectivity index (χ4v) is 6.01. The maximum Gasteiger partial charge on any atom is 0.317 e. The fraction of sp³-hybridized carbons (Fsp3) is 0.552. The van der Waals surface area contributed by atoms with Crippen molar-refractivity contribution in [1.82, 2.24) is 15.1 Å². The molecule has 0 radical (unpaired) electrons. The Bertz CT molecular complexity index is 1150. The molecule has 11 heteroatoms. The van der Waals surface area contributed by atoms with Crippen molar-refractivity contribution < 1.29 is 23.1 Å². The highest BCUT2D eigenvalue weighted by molar-refractivity contribution is 7.92. The summed E-state index contributed by atoms with van der Waals surface area (Å²) in [5.74, 6) is 1.34. The summed E-state index contributed by atoms with van der Waals surface area (Å²) in [6.45, 7) is 3.37. The van der Waals surface area contributed by atoms with E-state index >= 15 is 0 Å². The Balaban J connectivity index is 0.00000441. The zero-order chi connectivity index (χ0) is 27.7. The van der Waals surface area contributed by atoms with Crippen LogP contribution in [0, 0.1) is 0 Å². The second-order valence-corrected chi connectivity index (χ2v) is 12.5.